The van der Waals surface area contributed by atoms with Gasteiger partial charge in [-0.15, -0.1) is 0 Å². The van der Waals surface area contributed by atoms with E-state index in [1.807, 2.05) is 6.07 Å². The van der Waals surface area contributed by atoms with Crippen LogP contribution in [0.25, 0.3) is 0 Å². The number of ether oxygens (including phenoxy) is 1. The molecule has 5 heteroatoms. The lowest BCUT2D eigenvalue weighted by molar-refractivity contribution is -0.146. The maximum Gasteiger partial charge on any atom is 0.303 e. The SMILES string of the molecule is CC(=O)O[C@@H](c1ccccc1)C(Cl)(Cl)Cl. The number of esters is 1. The molecule has 0 amide bonds. The zero-order valence-corrected chi connectivity index (χ0v) is 10.2. The quantitative estimate of drug-likeness (QED) is 0.604. The molecular weight excluding hydrogens is 258 g/mol. The predicted molar refractivity (Wildman–Crippen MR) is 61.2 cm³/mol. The molecule has 2 nitrogen and oxygen atoms in total. The second-order valence-electron chi connectivity index (χ2n) is 2.94. The molecule has 1 rings (SSSR count). The summed E-state index contributed by atoms with van der Waals surface area (Å²) in [5.74, 6) is -0.491. The van der Waals surface area contributed by atoms with E-state index in [1.165, 1.54) is 6.92 Å². The molecule has 0 radical (unpaired) electrons. The first-order chi connectivity index (χ1) is 6.91. The van der Waals surface area contributed by atoms with Gasteiger partial charge in [-0.1, -0.05) is 65.1 Å². The van der Waals surface area contributed by atoms with Crippen molar-refractivity contribution in [1.29, 1.82) is 0 Å². The second-order valence-corrected chi connectivity index (χ2v) is 5.31. The summed E-state index contributed by atoms with van der Waals surface area (Å²) in [7, 11) is 0. The molecule has 0 saturated carbocycles. The minimum atomic E-state index is -1.67. The average molecular weight is 268 g/mol. The number of carbonyl (C=O) groups is 1. The molecule has 15 heavy (non-hydrogen) atoms. The van der Waals surface area contributed by atoms with Crippen molar-refractivity contribution in [3.63, 3.8) is 0 Å². The fourth-order valence-corrected chi connectivity index (χ4v) is 1.63. The van der Waals surface area contributed by atoms with E-state index in [-0.39, 0.29) is 0 Å². The van der Waals surface area contributed by atoms with Crippen LogP contribution in [0.3, 0.4) is 0 Å². The summed E-state index contributed by atoms with van der Waals surface area (Å²) in [4.78, 5) is 10.9. The molecule has 0 aliphatic heterocycles. The van der Waals surface area contributed by atoms with Gasteiger partial charge in [0.15, 0.2) is 6.10 Å². The molecule has 1 atom stereocenters. The smallest absolute Gasteiger partial charge is 0.303 e. The van der Waals surface area contributed by atoms with Crippen LogP contribution in [0.5, 0.6) is 0 Å². The van der Waals surface area contributed by atoms with Crippen LogP contribution in [-0.4, -0.2) is 9.76 Å². The lowest BCUT2D eigenvalue weighted by Crippen LogP contribution is -2.22. The van der Waals surface area contributed by atoms with Gasteiger partial charge in [-0.05, 0) is 5.56 Å². The first-order valence-corrected chi connectivity index (χ1v) is 5.33. The van der Waals surface area contributed by atoms with E-state index >= 15 is 0 Å². The van der Waals surface area contributed by atoms with Gasteiger partial charge in [0, 0.05) is 6.92 Å². The van der Waals surface area contributed by atoms with E-state index in [0.717, 1.165) is 0 Å². The van der Waals surface area contributed by atoms with Crippen LogP contribution < -0.4 is 0 Å². The van der Waals surface area contributed by atoms with Crippen LogP contribution in [0.4, 0.5) is 0 Å². The summed E-state index contributed by atoms with van der Waals surface area (Å²) in [6.07, 6.45) is -0.888. The van der Waals surface area contributed by atoms with Crippen molar-refractivity contribution in [3.05, 3.63) is 35.9 Å². The first kappa shape index (κ1) is 12.6. The number of benzene rings is 1. The first-order valence-electron chi connectivity index (χ1n) is 4.20. The van der Waals surface area contributed by atoms with Crippen LogP contribution in [-0.2, 0) is 9.53 Å². The molecule has 0 saturated heterocycles. The number of hydrogen-bond acceptors (Lipinski definition) is 2. The standard InChI is InChI=1S/C10H9Cl3O2/c1-7(14)15-9(10(11,12)13)8-5-3-2-4-6-8/h2-6,9H,1H3/t9-/m0/s1. The van der Waals surface area contributed by atoms with Gasteiger partial charge in [0.1, 0.15) is 0 Å². The molecule has 0 fully saturated rings. The lowest BCUT2D eigenvalue weighted by atomic mass is 10.1. The van der Waals surface area contributed by atoms with Crippen molar-refractivity contribution >= 4 is 40.8 Å². The third-order valence-corrected chi connectivity index (χ3v) is 2.28. The lowest BCUT2D eigenvalue weighted by Gasteiger charge is -2.24. The van der Waals surface area contributed by atoms with Gasteiger partial charge in [-0.3, -0.25) is 4.79 Å². The molecule has 0 bridgehead atoms. The predicted octanol–water partition coefficient (Wildman–Crippen LogP) is 3.66. The van der Waals surface area contributed by atoms with Gasteiger partial charge in [-0.25, -0.2) is 0 Å². The largest absolute Gasteiger partial charge is 0.453 e. The molecule has 0 N–H and O–H groups in total. The Morgan fingerprint density at radius 3 is 2.20 bits per heavy atom. The summed E-state index contributed by atoms with van der Waals surface area (Å²) in [5.41, 5.74) is 0.646. The molecule has 82 valence electrons. The molecular formula is C10H9Cl3O2. The molecule has 0 aliphatic rings. The third-order valence-electron chi connectivity index (χ3n) is 1.68. The number of hydrogen-bond donors (Lipinski definition) is 0. The highest BCUT2D eigenvalue weighted by molar-refractivity contribution is 6.68. The Morgan fingerprint density at radius 2 is 1.80 bits per heavy atom. The molecule has 0 heterocycles. The average Bonchev–Trinajstić information content (AvgIpc) is 2.14. The number of alkyl halides is 3. The summed E-state index contributed by atoms with van der Waals surface area (Å²) in [6.45, 7) is 1.27. The van der Waals surface area contributed by atoms with Crippen LogP contribution in [0.2, 0.25) is 0 Å². The van der Waals surface area contributed by atoms with Crippen molar-refractivity contribution in [2.45, 2.75) is 16.8 Å². The Morgan fingerprint density at radius 1 is 1.27 bits per heavy atom. The normalized spacial score (nSPS) is 13.3. The van der Waals surface area contributed by atoms with Gasteiger partial charge < -0.3 is 4.74 Å². The summed E-state index contributed by atoms with van der Waals surface area (Å²) in [6, 6.07) is 8.85. The second kappa shape index (κ2) is 5.06. The van der Waals surface area contributed by atoms with E-state index < -0.39 is 15.9 Å². The number of halogens is 3. The van der Waals surface area contributed by atoms with Crippen LogP contribution in [0, 0.1) is 0 Å². The highest BCUT2D eigenvalue weighted by atomic mass is 35.6. The molecule has 0 unspecified atom stereocenters. The molecule has 0 aliphatic carbocycles. The maximum atomic E-state index is 10.9. The van der Waals surface area contributed by atoms with Crippen molar-refractivity contribution < 1.29 is 9.53 Å². The van der Waals surface area contributed by atoms with Gasteiger partial charge in [0.05, 0.1) is 0 Å². The van der Waals surface area contributed by atoms with E-state index in [4.69, 9.17) is 39.5 Å². The molecule has 0 aromatic heterocycles. The van der Waals surface area contributed by atoms with Crippen molar-refractivity contribution in [3.8, 4) is 0 Å². The van der Waals surface area contributed by atoms with Crippen molar-refractivity contribution in [1.82, 2.24) is 0 Å². The van der Waals surface area contributed by atoms with Crippen LogP contribution in [0.15, 0.2) is 30.3 Å². The fraction of sp³-hybridized carbons (Fsp3) is 0.300. The van der Waals surface area contributed by atoms with E-state index in [2.05, 4.69) is 0 Å². The van der Waals surface area contributed by atoms with Crippen molar-refractivity contribution in [2.75, 3.05) is 0 Å². The van der Waals surface area contributed by atoms with Crippen molar-refractivity contribution in [2.24, 2.45) is 0 Å². The Hall–Kier alpha value is -0.440. The summed E-state index contributed by atoms with van der Waals surface area (Å²) < 4.78 is 3.29. The minimum absolute atomic E-state index is 0.491. The topological polar surface area (TPSA) is 26.3 Å². The highest BCUT2D eigenvalue weighted by Gasteiger charge is 2.36. The number of rotatable bonds is 2. The van der Waals surface area contributed by atoms with Gasteiger partial charge >= 0.3 is 5.97 Å². The van der Waals surface area contributed by atoms with E-state index in [9.17, 15) is 4.79 Å². The Bertz CT molecular complexity index is 332. The van der Waals surface area contributed by atoms with Crippen LogP contribution in [0.1, 0.15) is 18.6 Å². The van der Waals surface area contributed by atoms with Gasteiger partial charge in [0.2, 0.25) is 3.79 Å². The molecule has 1 aromatic carbocycles. The van der Waals surface area contributed by atoms with E-state index in [0.29, 0.717) is 5.56 Å². The molecule has 1 aromatic rings. The summed E-state index contributed by atoms with van der Waals surface area (Å²) in [5, 5.41) is 0. The zero-order chi connectivity index (χ0) is 11.5. The van der Waals surface area contributed by atoms with Gasteiger partial charge in [-0.2, -0.15) is 0 Å². The third kappa shape index (κ3) is 3.90. The van der Waals surface area contributed by atoms with Crippen LogP contribution >= 0.6 is 34.8 Å². The Labute approximate surface area is 103 Å². The zero-order valence-electron chi connectivity index (χ0n) is 7.91. The minimum Gasteiger partial charge on any atom is -0.453 e. The number of carbonyl (C=O) groups excluding carboxylic acids is 1. The Kier molecular flexibility index (Phi) is 4.26. The summed E-state index contributed by atoms with van der Waals surface area (Å²) >= 11 is 17.2. The molecule has 0 spiro atoms. The van der Waals surface area contributed by atoms with E-state index in [1.54, 1.807) is 24.3 Å². The Balaban J connectivity index is 2.97. The van der Waals surface area contributed by atoms with Gasteiger partial charge in [0.25, 0.3) is 0 Å². The monoisotopic (exact) mass is 266 g/mol. The fourth-order valence-electron chi connectivity index (χ4n) is 1.12. The maximum absolute atomic E-state index is 10.9. The highest BCUT2D eigenvalue weighted by Crippen LogP contribution is 2.42.